The first-order chi connectivity index (χ1) is 16.5. The third kappa shape index (κ3) is 3.93. The molecule has 0 aliphatic heterocycles. The summed E-state index contributed by atoms with van der Waals surface area (Å²) in [6.45, 7) is 4.90. The van der Waals surface area contributed by atoms with Crippen molar-refractivity contribution in [2.45, 2.75) is 33.4 Å². The number of rotatable bonds is 6. The number of benzene rings is 3. The highest BCUT2D eigenvalue weighted by molar-refractivity contribution is 5.97. The van der Waals surface area contributed by atoms with Gasteiger partial charge in [-0.25, -0.2) is 4.68 Å². The van der Waals surface area contributed by atoms with Gasteiger partial charge in [0.2, 0.25) is 0 Å². The van der Waals surface area contributed by atoms with E-state index in [1.807, 2.05) is 24.3 Å². The SMILES string of the molecule is CC(C)Cc1nn(C)c(=O)c2c(-c3cccc(CO)c3)n(Cc3cccc4ccccc34)cc12. The Labute approximate surface area is 198 Å². The van der Waals surface area contributed by atoms with Crippen LogP contribution in [0.1, 0.15) is 30.7 Å². The maximum absolute atomic E-state index is 13.4. The number of fused-ring (bicyclic) bond motifs is 2. The number of aliphatic hydroxyl groups excluding tert-OH is 1. The first kappa shape index (κ1) is 22.1. The molecule has 0 radical (unpaired) electrons. The molecule has 1 N–H and O–H groups in total. The minimum absolute atomic E-state index is 0.0476. The van der Waals surface area contributed by atoms with E-state index in [4.69, 9.17) is 0 Å². The fraction of sp³-hybridized carbons (Fsp3) is 0.241. The number of hydrogen-bond acceptors (Lipinski definition) is 3. The normalized spacial score (nSPS) is 11.7. The molecule has 5 nitrogen and oxygen atoms in total. The lowest BCUT2D eigenvalue weighted by molar-refractivity contribution is 0.282. The number of aliphatic hydroxyl groups is 1. The van der Waals surface area contributed by atoms with Crippen LogP contribution in [-0.2, 0) is 26.6 Å². The van der Waals surface area contributed by atoms with E-state index in [2.05, 4.69) is 72.2 Å². The summed E-state index contributed by atoms with van der Waals surface area (Å²) in [6, 6.07) is 22.5. The maximum Gasteiger partial charge on any atom is 0.276 e. The van der Waals surface area contributed by atoms with E-state index in [0.29, 0.717) is 17.8 Å². The molecule has 2 heterocycles. The Kier molecular flexibility index (Phi) is 5.80. The zero-order chi connectivity index (χ0) is 23.8. The monoisotopic (exact) mass is 451 g/mol. The first-order valence-electron chi connectivity index (χ1n) is 11.7. The van der Waals surface area contributed by atoms with Gasteiger partial charge in [0.1, 0.15) is 0 Å². The highest BCUT2D eigenvalue weighted by Crippen LogP contribution is 2.33. The van der Waals surface area contributed by atoms with Gasteiger partial charge in [0.25, 0.3) is 5.56 Å². The molecule has 0 saturated heterocycles. The molecule has 0 unspecified atom stereocenters. The fourth-order valence-electron chi connectivity index (χ4n) is 4.84. The zero-order valence-electron chi connectivity index (χ0n) is 19.8. The molecular formula is C29H29N3O2. The molecule has 5 heteroatoms. The molecule has 0 spiro atoms. The predicted molar refractivity (Wildman–Crippen MR) is 138 cm³/mol. The average Bonchev–Trinajstić information content (AvgIpc) is 3.22. The third-order valence-electron chi connectivity index (χ3n) is 6.37. The summed E-state index contributed by atoms with van der Waals surface area (Å²) in [5, 5.41) is 18.4. The second-order valence-electron chi connectivity index (χ2n) is 9.36. The summed E-state index contributed by atoms with van der Waals surface area (Å²) >= 11 is 0. The van der Waals surface area contributed by atoms with E-state index in [0.717, 1.165) is 34.3 Å². The van der Waals surface area contributed by atoms with E-state index >= 15 is 0 Å². The molecule has 0 bridgehead atoms. The zero-order valence-corrected chi connectivity index (χ0v) is 19.8. The van der Waals surface area contributed by atoms with Crippen molar-refractivity contribution in [3.8, 4) is 11.3 Å². The van der Waals surface area contributed by atoms with Crippen molar-refractivity contribution in [2.24, 2.45) is 13.0 Å². The summed E-state index contributed by atoms with van der Waals surface area (Å²) in [6.07, 6.45) is 2.88. The summed E-state index contributed by atoms with van der Waals surface area (Å²) in [7, 11) is 1.72. The van der Waals surface area contributed by atoms with Crippen LogP contribution in [0.25, 0.3) is 32.8 Å². The smallest absolute Gasteiger partial charge is 0.276 e. The van der Waals surface area contributed by atoms with E-state index < -0.39 is 0 Å². The minimum atomic E-state index is -0.108. The Hall–Kier alpha value is -3.70. The Balaban J connectivity index is 1.81. The lowest BCUT2D eigenvalue weighted by atomic mass is 10.0. The molecule has 34 heavy (non-hydrogen) atoms. The van der Waals surface area contributed by atoms with Crippen molar-refractivity contribution < 1.29 is 5.11 Å². The van der Waals surface area contributed by atoms with Crippen molar-refractivity contribution in [2.75, 3.05) is 0 Å². The lowest BCUT2D eigenvalue weighted by Crippen LogP contribution is -2.22. The molecule has 0 amide bonds. The Morgan fingerprint density at radius 3 is 2.53 bits per heavy atom. The van der Waals surface area contributed by atoms with Crippen LogP contribution in [-0.4, -0.2) is 19.5 Å². The van der Waals surface area contributed by atoms with Gasteiger partial charge in [-0.1, -0.05) is 74.5 Å². The second kappa shape index (κ2) is 8.92. The van der Waals surface area contributed by atoms with Crippen molar-refractivity contribution in [1.29, 1.82) is 0 Å². The van der Waals surface area contributed by atoms with Gasteiger partial charge in [-0.05, 0) is 45.9 Å². The fourth-order valence-corrected chi connectivity index (χ4v) is 4.84. The van der Waals surface area contributed by atoms with Gasteiger partial charge >= 0.3 is 0 Å². The van der Waals surface area contributed by atoms with E-state index in [1.165, 1.54) is 21.0 Å². The summed E-state index contributed by atoms with van der Waals surface area (Å²) in [4.78, 5) is 13.4. The highest BCUT2D eigenvalue weighted by atomic mass is 16.3. The largest absolute Gasteiger partial charge is 0.392 e. The molecule has 0 atom stereocenters. The minimum Gasteiger partial charge on any atom is -0.392 e. The van der Waals surface area contributed by atoms with Crippen LogP contribution >= 0.6 is 0 Å². The highest BCUT2D eigenvalue weighted by Gasteiger charge is 2.21. The lowest BCUT2D eigenvalue weighted by Gasteiger charge is -2.13. The standard InChI is InChI=1S/C29H29N3O2/c1-19(2)14-26-25-17-32(16-23-12-7-10-21-9-4-5-13-24(21)23)28(27(25)29(34)31(3)30-26)22-11-6-8-20(15-22)18-33/h4-13,15,17,19,33H,14,16,18H2,1-3H3. The van der Waals surface area contributed by atoms with Crippen LogP contribution in [0.4, 0.5) is 0 Å². The summed E-state index contributed by atoms with van der Waals surface area (Å²) < 4.78 is 3.64. The van der Waals surface area contributed by atoms with Crippen LogP contribution in [0.15, 0.2) is 77.7 Å². The molecule has 0 aliphatic carbocycles. The van der Waals surface area contributed by atoms with Crippen molar-refractivity contribution in [3.05, 3.63) is 100 Å². The van der Waals surface area contributed by atoms with Gasteiger partial charge in [0, 0.05) is 25.2 Å². The molecule has 0 fully saturated rings. The summed E-state index contributed by atoms with van der Waals surface area (Å²) in [5.41, 5.74) is 4.61. The molecule has 2 aromatic heterocycles. The number of nitrogens with zero attached hydrogens (tertiary/aromatic N) is 3. The van der Waals surface area contributed by atoms with Crippen LogP contribution in [0, 0.1) is 5.92 Å². The third-order valence-corrected chi connectivity index (χ3v) is 6.37. The van der Waals surface area contributed by atoms with Crippen molar-refractivity contribution in [1.82, 2.24) is 14.3 Å². The van der Waals surface area contributed by atoms with Gasteiger partial charge in [-0.15, -0.1) is 0 Å². The molecule has 5 aromatic rings. The van der Waals surface area contributed by atoms with Gasteiger partial charge < -0.3 is 9.67 Å². The number of aromatic nitrogens is 3. The number of aryl methyl sites for hydroxylation is 1. The molecule has 0 aliphatic rings. The van der Waals surface area contributed by atoms with Gasteiger partial charge in [-0.2, -0.15) is 5.10 Å². The molecule has 3 aromatic carbocycles. The molecule has 172 valence electrons. The second-order valence-corrected chi connectivity index (χ2v) is 9.36. The molecular weight excluding hydrogens is 422 g/mol. The van der Waals surface area contributed by atoms with E-state index in [9.17, 15) is 9.90 Å². The Morgan fingerprint density at radius 2 is 1.74 bits per heavy atom. The predicted octanol–water partition coefficient (Wildman–Crippen LogP) is 5.29. The van der Waals surface area contributed by atoms with Gasteiger partial charge in [0.15, 0.2) is 0 Å². The van der Waals surface area contributed by atoms with Crippen LogP contribution in [0.2, 0.25) is 0 Å². The van der Waals surface area contributed by atoms with Crippen LogP contribution in [0.3, 0.4) is 0 Å². The Bertz CT molecular complexity index is 1550. The van der Waals surface area contributed by atoms with Crippen LogP contribution < -0.4 is 5.56 Å². The molecule has 0 saturated carbocycles. The molecule has 5 rings (SSSR count). The van der Waals surface area contributed by atoms with Crippen LogP contribution in [0.5, 0.6) is 0 Å². The Morgan fingerprint density at radius 1 is 0.971 bits per heavy atom. The van der Waals surface area contributed by atoms with E-state index in [-0.39, 0.29) is 12.2 Å². The van der Waals surface area contributed by atoms with Gasteiger partial charge in [-0.3, -0.25) is 4.79 Å². The first-order valence-corrected chi connectivity index (χ1v) is 11.7. The van der Waals surface area contributed by atoms with Crippen molar-refractivity contribution in [3.63, 3.8) is 0 Å². The summed E-state index contributed by atoms with van der Waals surface area (Å²) in [5.74, 6) is 0.413. The quantitative estimate of drug-likeness (QED) is 0.381. The maximum atomic E-state index is 13.4. The van der Waals surface area contributed by atoms with Gasteiger partial charge in [0.05, 0.1) is 23.4 Å². The number of hydrogen-bond donors (Lipinski definition) is 1. The average molecular weight is 452 g/mol. The topological polar surface area (TPSA) is 60.1 Å². The van der Waals surface area contributed by atoms with Crippen molar-refractivity contribution >= 4 is 21.5 Å². The van der Waals surface area contributed by atoms with E-state index in [1.54, 1.807) is 7.05 Å².